The Morgan fingerprint density at radius 1 is 1.12 bits per heavy atom. The van der Waals surface area contributed by atoms with E-state index in [1.165, 1.54) is 25.2 Å². The predicted octanol–water partition coefficient (Wildman–Crippen LogP) is 4.57. The molecular formula is C24H29Cl2N5O2. The van der Waals surface area contributed by atoms with Crippen LogP contribution >= 0.6 is 23.2 Å². The molecule has 176 valence electrons. The number of nitrogens with zero attached hydrogens (tertiary/aromatic N) is 3. The monoisotopic (exact) mass is 489 g/mol. The number of hydrogen-bond acceptors (Lipinski definition) is 4. The molecule has 2 N–H and O–H groups in total. The second-order valence-electron chi connectivity index (χ2n) is 8.99. The number of aromatic nitrogens is 1. The number of anilines is 1. The van der Waals surface area contributed by atoms with Crippen LogP contribution in [0.4, 0.5) is 10.5 Å². The molecule has 2 aliphatic rings. The Balaban J connectivity index is 1.39. The minimum Gasteiger partial charge on any atom is -0.338 e. The molecule has 0 unspecified atom stereocenters. The van der Waals surface area contributed by atoms with Gasteiger partial charge in [-0.2, -0.15) is 0 Å². The number of benzene rings is 1. The van der Waals surface area contributed by atoms with Gasteiger partial charge in [0.1, 0.15) is 0 Å². The maximum atomic E-state index is 12.7. The standard InChI is InChI=1S/C24H29Cl2N5O2/c1-15-13-30(5-6-31(15)24(33)28-10-17-3-4-17)14-19-8-20(25)9-22(16(19)2)29-23(32)18-7-21(26)12-27-11-18/h7-9,11-12,15,17H,3-6,10,13-14H2,1-2H3,(H,28,33)(H,29,32)/t15-/m0/s1. The summed E-state index contributed by atoms with van der Waals surface area (Å²) in [6, 6.07) is 5.42. The average Bonchev–Trinajstić information content (AvgIpc) is 3.60. The van der Waals surface area contributed by atoms with E-state index in [4.69, 9.17) is 23.2 Å². The minimum absolute atomic E-state index is 0.0356. The van der Waals surface area contributed by atoms with Crippen molar-refractivity contribution >= 4 is 40.8 Å². The number of urea groups is 1. The van der Waals surface area contributed by atoms with Gasteiger partial charge < -0.3 is 15.5 Å². The first kappa shape index (κ1) is 23.8. The lowest BCUT2D eigenvalue weighted by atomic mass is 10.0. The van der Waals surface area contributed by atoms with Gasteiger partial charge in [0.15, 0.2) is 0 Å². The van der Waals surface area contributed by atoms with Gasteiger partial charge in [0, 0.05) is 61.9 Å². The zero-order valence-corrected chi connectivity index (χ0v) is 20.4. The van der Waals surface area contributed by atoms with Gasteiger partial charge in [0.2, 0.25) is 0 Å². The van der Waals surface area contributed by atoms with Crippen LogP contribution in [-0.4, -0.2) is 58.9 Å². The summed E-state index contributed by atoms with van der Waals surface area (Å²) in [7, 11) is 0. The Bertz CT molecular complexity index is 1040. The van der Waals surface area contributed by atoms with Gasteiger partial charge in [-0.05, 0) is 61.9 Å². The molecule has 0 spiro atoms. The summed E-state index contributed by atoms with van der Waals surface area (Å²) in [5, 5.41) is 6.96. The van der Waals surface area contributed by atoms with E-state index in [1.807, 2.05) is 17.9 Å². The molecule has 1 saturated heterocycles. The van der Waals surface area contributed by atoms with Gasteiger partial charge in [-0.3, -0.25) is 14.7 Å². The molecule has 2 heterocycles. The Morgan fingerprint density at radius 3 is 2.61 bits per heavy atom. The third-order valence-corrected chi connectivity index (χ3v) is 6.73. The quantitative estimate of drug-likeness (QED) is 0.622. The van der Waals surface area contributed by atoms with Gasteiger partial charge in [-0.15, -0.1) is 0 Å². The normalized spacial score (nSPS) is 18.8. The van der Waals surface area contributed by atoms with Crippen molar-refractivity contribution in [3.05, 3.63) is 57.3 Å². The average molecular weight is 490 g/mol. The van der Waals surface area contributed by atoms with E-state index in [-0.39, 0.29) is 18.0 Å². The van der Waals surface area contributed by atoms with E-state index >= 15 is 0 Å². The van der Waals surface area contributed by atoms with E-state index < -0.39 is 0 Å². The van der Waals surface area contributed by atoms with E-state index in [0.29, 0.717) is 40.3 Å². The molecule has 7 nitrogen and oxygen atoms in total. The van der Waals surface area contributed by atoms with Crippen molar-refractivity contribution < 1.29 is 9.59 Å². The number of rotatable bonds is 6. The van der Waals surface area contributed by atoms with Crippen molar-refractivity contribution in [3.63, 3.8) is 0 Å². The first-order chi connectivity index (χ1) is 15.8. The smallest absolute Gasteiger partial charge is 0.317 e. The zero-order valence-electron chi connectivity index (χ0n) is 18.9. The molecule has 1 aromatic carbocycles. The fourth-order valence-electron chi connectivity index (χ4n) is 4.13. The van der Waals surface area contributed by atoms with Crippen LogP contribution in [0.3, 0.4) is 0 Å². The van der Waals surface area contributed by atoms with Gasteiger partial charge in [-0.25, -0.2) is 4.79 Å². The van der Waals surface area contributed by atoms with Gasteiger partial charge >= 0.3 is 6.03 Å². The number of carbonyl (C=O) groups is 2. The van der Waals surface area contributed by atoms with Crippen molar-refractivity contribution in [1.82, 2.24) is 20.1 Å². The lowest BCUT2D eigenvalue weighted by Gasteiger charge is -2.40. The van der Waals surface area contributed by atoms with Crippen LogP contribution in [0.5, 0.6) is 0 Å². The number of hydrogen-bond donors (Lipinski definition) is 2. The summed E-state index contributed by atoms with van der Waals surface area (Å²) in [5.74, 6) is 0.377. The molecule has 0 radical (unpaired) electrons. The number of nitrogens with one attached hydrogen (secondary N) is 2. The highest BCUT2D eigenvalue weighted by atomic mass is 35.5. The first-order valence-electron chi connectivity index (χ1n) is 11.3. The summed E-state index contributed by atoms with van der Waals surface area (Å²) in [4.78, 5) is 33.4. The minimum atomic E-state index is -0.291. The van der Waals surface area contributed by atoms with Crippen molar-refractivity contribution in [2.24, 2.45) is 5.92 Å². The first-order valence-corrected chi connectivity index (χ1v) is 12.0. The molecule has 1 saturated carbocycles. The van der Waals surface area contributed by atoms with E-state index in [2.05, 4.69) is 27.4 Å². The van der Waals surface area contributed by atoms with Crippen LogP contribution in [0.1, 0.15) is 41.3 Å². The molecule has 1 aliphatic heterocycles. The highest BCUT2D eigenvalue weighted by molar-refractivity contribution is 6.31. The van der Waals surface area contributed by atoms with E-state index in [1.54, 1.807) is 12.1 Å². The molecule has 1 aromatic heterocycles. The van der Waals surface area contributed by atoms with Crippen LogP contribution in [0.15, 0.2) is 30.6 Å². The van der Waals surface area contributed by atoms with Crippen molar-refractivity contribution in [1.29, 1.82) is 0 Å². The summed E-state index contributed by atoms with van der Waals surface area (Å²) in [6.45, 7) is 7.77. The molecular weight excluding hydrogens is 461 g/mol. The fraction of sp³-hybridized carbons (Fsp3) is 0.458. The maximum Gasteiger partial charge on any atom is 0.317 e. The maximum absolute atomic E-state index is 12.7. The van der Waals surface area contributed by atoms with E-state index in [9.17, 15) is 9.59 Å². The summed E-state index contributed by atoms with van der Waals surface area (Å²) >= 11 is 12.3. The van der Waals surface area contributed by atoms with Crippen LogP contribution < -0.4 is 10.6 Å². The molecule has 1 aliphatic carbocycles. The third kappa shape index (κ3) is 6.16. The number of piperazine rings is 1. The predicted molar refractivity (Wildman–Crippen MR) is 131 cm³/mol. The molecule has 2 fully saturated rings. The Kier molecular flexibility index (Phi) is 7.41. The Morgan fingerprint density at radius 2 is 1.91 bits per heavy atom. The lowest BCUT2D eigenvalue weighted by Crippen LogP contribution is -2.56. The van der Waals surface area contributed by atoms with Crippen LogP contribution in [0.25, 0.3) is 0 Å². The van der Waals surface area contributed by atoms with Crippen LogP contribution in [0, 0.1) is 12.8 Å². The topological polar surface area (TPSA) is 77.6 Å². The number of carbonyl (C=O) groups excluding carboxylic acids is 2. The van der Waals surface area contributed by atoms with Crippen molar-refractivity contribution in [2.45, 2.75) is 39.3 Å². The second-order valence-corrected chi connectivity index (χ2v) is 9.86. The van der Waals surface area contributed by atoms with Crippen LogP contribution in [0.2, 0.25) is 10.0 Å². The highest BCUT2D eigenvalue weighted by Gasteiger charge is 2.29. The largest absolute Gasteiger partial charge is 0.338 e. The van der Waals surface area contributed by atoms with Crippen molar-refractivity contribution in [2.75, 3.05) is 31.5 Å². The summed E-state index contributed by atoms with van der Waals surface area (Å²) < 4.78 is 0. The molecule has 2 aromatic rings. The number of halogens is 2. The van der Waals surface area contributed by atoms with E-state index in [0.717, 1.165) is 30.8 Å². The van der Waals surface area contributed by atoms with Gasteiger partial charge in [-0.1, -0.05) is 23.2 Å². The molecule has 4 rings (SSSR count). The van der Waals surface area contributed by atoms with Crippen molar-refractivity contribution in [3.8, 4) is 0 Å². The molecule has 0 bridgehead atoms. The fourth-order valence-corrected chi connectivity index (χ4v) is 4.55. The van der Waals surface area contributed by atoms with Gasteiger partial charge in [0.25, 0.3) is 5.91 Å². The summed E-state index contributed by atoms with van der Waals surface area (Å²) in [6.07, 6.45) is 5.41. The Hall–Kier alpha value is -2.35. The lowest BCUT2D eigenvalue weighted by molar-refractivity contribution is 0.0973. The molecule has 33 heavy (non-hydrogen) atoms. The highest BCUT2D eigenvalue weighted by Crippen LogP contribution is 2.28. The SMILES string of the molecule is Cc1c(CN2CCN(C(=O)NCC3CC3)[C@@H](C)C2)cc(Cl)cc1NC(=O)c1cncc(Cl)c1. The Labute approximate surface area is 204 Å². The van der Waals surface area contributed by atoms with Crippen LogP contribution in [-0.2, 0) is 6.54 Å². The molecule has 3 amide bonds. The number of pyridine rings is 1. The zero-order chi connectivity index (χ0) is 23.5. The summed E-state index contributed by atoms with van der Waals surface area (Å²) in [5.41, 5.74) is 3.04. The molecule has 9 heteroatoms. The second kappa shape index (κ2) is 10.3. The third-order valence-electron chi connectivity index (χ3n) is 6.30. The van der Waals surface area contributed by atoms with Gasteiger partial charge in [0.05, 0.1) is 10.6 Å². The number of amides is 3. The molecule has 1 atom stereocenters.